The minimum Gasteiger partial charge on any atom is -0.465 e. The number of carbonyl (C=O) groups excluding carboxylic acids is 1. The van der Waals surface area contributed by atoms with Crippen molar-refractivity contribution in [1.29, 1.82) is 0 Å². The van der Waals surface area contributed by atoms with Gasteiger partial charge in [-0.2, -0.15) is 0 Å². The number of halogens is 3. The van der Waals surface area contributed by atoms with Crippen molar-refractivity contribution < 1.29 is 22.7 Å². The minimum absolute atomic E-state index is 0.0271. The molecule has 8 heteroatoms. The zero-order valence-electron chi connectivity index (χ0n) is 12.5. The molecule has 5 rings (SSSR count). The van der Waals surface area contributed by atoms with E-state index in [2.05, 4.69) is 10.3 Å². The van der Waals surface area contributed by atoms with E-state index >= 15 is 0 Å². The van der Waals surface area contributed by atoms with Crippen LogP contribution in [0.4, 0.5) is 18.9 Å². The van der Waals surface area contributed by atoms with Crippen LogP contribution in [0.1, 0.15) is 18.4 Å². The summed E-state index contributed by atoms with van der Waals surface area (Å²) in [7, 11) is 0. The highest BCUT2D eigenvalue weighted by Gasteiger charge is 2.92. The largest absolute Gasteiger partial charge is 0.465 e. The van der Waals surface area contributed by atoms with Gasteiger partial charge in [-0.25, -0.2) is 18.2 Å². The van der Waals surface area contributed by atoms with E-state index in [1.807, 2.05) is 0 Å². The van der Waals surface area contributed by atoms with Crippen molar-refractivity contribution in [3.63, 3.8) is 0 Å². The fraction of sp³-hybridized carbons (Fsp3) is 0.500. The highest BCUT2D eigenvalue weighted by atomic mass is 19.3. The molecule has 1 heterocycles. The lowest BCUT2D eigenvalue weighted by Gasteiger charge is -2.29. The Kier molecular flexibility index (Phi) is 2.28. The Morgan fingerprint density at radius 1 is 1.38 bits per heavy atom. The van der Waals surface area contributed by atoms with Gasteiger partial charge in [-0.15, -0.1) is 0 Å². The molecule has 1 amide bonds. The first-order valence-corrected chi connectivity index (χ1v) is 7.77. The number of anilines is 1. The molecule has 4 aliphatic rings. The molecule has 5 nitrogen and oxygen atoms in total. The molecule has 3 saturated carbocycles. The second-order valence-electron chi connectivity index (χ2n) is 7.12. The van der Waals surface area contributed by atoms with Crippen molar-refractivity contribution >= 4 is 17.6 Å². The fourth-order valence-electron chi connectivity index (χ4n) is 4.15. The number of amides is 1. The molecule has 3 unspecified atom stereocenters. The maximum Gasteiger partial charge on any atom is 0.282 e. The first-order valence-electron chi connectivity index (χ1n) is 7.77. The lowest BCUT2D eigenvalue weighted by atomic mass is 9.88. The van der Waals surface area contributed by atoms with Gasteiger partial charge in [0.25, 0.3) is 11.9 Å². The van der Waals surface area contributed by atoms with E-state index < -0.39 is 35.5 Å². The second kappa shape index (κ2) is 3.87. The number of nitrogens with two attached hydrogens (primary N) is 1. The number of nitrogens with zero attached hydrogens (tertiary/aromatic N) is 1. The van der Waals surface area contributed by atoms with Crippen LogP contribution in [0.3, 0.4) is 0 Å². The van der Waals surface area contributed by atoms with Gasteiger partial charge in [0.05, 0.1) is 0 Å². The van der Waals surface area contributed by atoms with Gasteiger partial charge >= 0.3 is 0 Å². The zero-order valence-corrected chi connectivity index (χ0v) is 12.5. The molecule has 1 aromatic carbocycles. The quantitative estimate of drug-likeness (QED) is 0.885. The summed E-state index contributed by atoms with van der Waals surface area (Å²) in [5.41, 5.74) is 5.34. The van der Waals surface area contributed by atoms with Gasteiger partial charge in [0.15, 0.2) is 0 Å². The molecule has 3 N–H and O–H groups in total. The molecule has 4 atom stereocenters. The normalized spacial score (nSPS) is 39.7. The number of aliphatic imine (C=N–C) groups is 1. The summed E-state index contributed by atoms with van der Waals surface area (Å²) in [5.74, 6) is -5.26. The third-order valence-corrected chi connectivity index (χ3v) is 5.81. The second-order valence-corrected chi connectivity index (χ2v) is 7.12. The maximum atomic E-state index is 14.4. The van der Waals surface area contributed by atoms with Crippen LogP contribution in [0.5, 0.6) is 0 Å². The van der Waals surface area contributed by atoms with Gasteiger partial charge in [0.2, 0.25) is 5.91 Å². The maximum absolute atomic E-state index is 14.4. The molecule has 126 valence electrons. The molecule has 0 radical (unpaired) electrons. The molecule has 1 aliphatic heterocycles. The van der Waals surface area contributed by atoms with Crippen LogP contribution >= 0.6 is 0 Å². The van der Waals surface area contributed by atoms with Crippen LogP contribution in [0, 0.1) is 23.1 Å². The standard InChI is InChI=1S/C16H14F3N3O2/c17-10-2-1-7(21-12(23)9-4-15(9,18)19)3-8(10)16-11-5-14(11,16)6-24-13(20)22-16/h1-3,9,11H,4-6H2,(H2,20,22)(H,21,23)/t9?,11?,14?,16-/m0/s1. The summed E-state index contributed by atoms with van der Waals surface area (Å²) in [5, 5.41) is 2.44. The number of rotatable bonds is 3. The fourth-order valence-corrected chi connectivity index (χ4v) is 4.15. The lowest BCUT2D eigenvalue weighted by molar-refractivity contribution is -0.119. The van der Waals surface area contributed by atoms with Gasteiger partial charge in [0.1, 0.15) is 23.9 Å². The van der Waals surface area contributed by atoms with Crippen LogP contribution < -0.4 is 11.1 Å². The van der Waals surface area contributed by atoms with E-state index in [1.165, 1.54) is 18.2 Å². The van der Waals surface area contributed by atoms with Crippen LogP contribution in [-0.4, -0.2) is 24.5 Å². The van der Waals surface area contributed by atoms with Crippen molar-refractivity contribution in [2.24, 2.45) is 28.0 Å². The van der Waals surface area contributed by atoms with E-state index in [-0.39, 0.29) is 23.0 Å². The Morgan fingerprint density at radius 2 is 2.12 bits per heavy atom. The topological polar surface area (TPSA) is 76.7 Å². The summed E-state index contributed by atoms with van der Waals surface area (Å²) in [6.07, 6.45) is 0.453. The number of benzene rings is 1. The van der Waals surface area contributed by atoms with E-state index in [9.17, 15) is 18.0 Å². The lowest BCUT2D eigenvalue weighted by Crippen LogP contribution is -2.35. The number of hydrogen-bond acceptors (Lipinski definition) is 4. The summed E-state index contributed by atoms with van der Waals surface area (Å²) in [6.45, 7) is 0.400. The molecule has 0 bridgehead atoms. The van der Waals surface area contributed by atoms with Gasteiger partial charge in [-0.1, -0.05) is 0 Å². The number of alkyl halides is 2. The van der Waals surface area contributed by atoms with E-state index in [0.717, 1.165) is 6.42 Å². The highest BCUT2D eigenvalue weighted by Crippen LogP contribution is 2.89. The van der Waals surface area contributed by atoms with Gasteiger partial charge in [-0.05, 0) is 24.6 Å². The molecular weight excluding hydrogens is 323 g/mol. The van der Waals surface area contributed by atoms with Crippen molar-refractivity contribution in [2.45, 2.75) is 24.3 Å². The Hall–Kier alpha value is -2.25. The first-order chi connectivity index (χ1) is 11.3. The van der Waals surface area contributed by atoms with Gasteiger partial charge in [0, 0.05) is 29.0 Å². The van der Waals surface area contributed by atoms with Crippen molar-refractivity contribution in [3.8, 4) is 0 Å². The summed E-state index contributed by atoms with van der Waals surface area (Å²) >= 11 is 0. The van der Waals surface area contributed by atoms with Gasteiger partial charge < -0.3 is 15.8 Å². The SMILES string of the molecule is NC1=N[C@@]2(c3cc(NC(=O)C4CC4(F)F)ccc3F)C3CC32CO1. The van der Waals surface area contributed by atoms with Crippen LogP contribution in [0.15, 0.2) is 23.2 Å². The number of nitrogens with one attached hydrogen (secondary N) is 1. The van der Waals surface area contributed by atoms with E-state index in [4.69, 9.17) is 10.5 Å². The molecule has 0 aromatic heterocycles. The highest BCUT2D eigenvalue weighted by molar-refractivity contribution is 5.95. The molecule has 24 heavy (non-hydrogen) atoms. The number of ether oxygens (including phenoxy) is 1. The van der Waals surface area contributed by atoms with E-state index in [1.54, 1.807) is 0 Å². The summed E-state index contributed by atoms with van der Waals surface area (Å²) in [6, 6.07) is 4.08. The summed E-state index contributed by atoms with van der Waals surface area (Å²) in [4.78, 5) is 16.2. The van der Waals surface area contributed by atoms with Crippen molar-refractivity contribution in [1.82, 2.24) is 0 Å². The third-order valence-electron chi connectivity index (χ3n) is 5.81. The Morgan fingerprint density at radius 3 is 2.79 bits per heavy atom. The molecular formula is C16H14F3N3O2. The number of hydrogen-bond donors (Lipinski definition) is 2. The Labute approximate surface area is 135 Å². The Bertz CT molecular complexity index is 827. The average molecular weight is 337 g/mol. The summed E-state index contributed by atoms with van der Waals surface area (Å²) < 4.78 is 45.6. The molecule has 0 saturated heterocycles. The predicted molar refractivity (Wildman–Crippen MR) is 77.9 cm³/mol. The molecule has 3 aliphatic carbocycles. The number of fused-ring (bicyclic) bond motifs is 1. The smallest absolute Gasteiger partial charge is 0.282 e. The molecule has 1 aromatic rings. The van der Waals surface area contributed by atoms with E-state index in [0.29, 0.717) is 12.2 Å². The number of carbonyl (C=O) groups is 1. The van der Waals surface area contributed by atoms with Gasteiger partial charge in [-0.3, -0.25) is 4.79 Å². The monoisotopic (exact) mass is 337 g/mol. The Balaban J connectivity index is 1.46. The molecule has 3 fully saturated rings. The van der Waals surface area contributed by atoms with Crippen LogP contribution in [0.25, 0.3) is 0 Å². The third kappa shape index (κ3) is 1.56. The zero-order chi connectivity index (χ0) is 16.9. The van der Waals surface area contributed by atoms with Crippen molar-refractivity contribution in [2.75, 3.05) is 11.9 Å². The van der Waals surface area contributed by atoms with Crippen LogP contribution in [0.2, 0.25) is 0 Å². The predicted octanol–water partition coefficient (Wildman–Crippen LogP) is 1.98. The minimum atomic E-state index is -2.94. The average Bonchev–Trinajstić information content (AvgIpc) is 3.43. The number of amidine groups is 1. The first kappa shape index (κ1) is 14.1. The van der Waals surface area contributed by atoms with Crippen LogP contribution in [-0.2, 0) is 15.1 Å². The van der Waals surface area contributed by atoms with Crippen molar-refractivity contribution in [3.05, 3.63) is 29.6 Å². The molecule has 1 spiro atoms.